The Hall–Kier alpha value is -1.97. The molecule has 1 amide bonds. The Labute approximate surface area is 158 Å². The second-order valence-electron chi connectivity index (χ2n) is 6.12. The Bertz CT molecular complexity index is 806. The van der Waals surface area contributed by atoms with Crippen LogP contribution in [0.25, 0.3) is 0 Å². The molecule has 0 saturated heterocycles. The molecule has 2 aromatic rings. The summed E-state index contributed by atoms with van der Waals surface area (Å²) >= 11 is 1.16. The second kappa shape index (κ2) is 9.65. The predicted octanol–water partition coefficient (Wildman–Crippen LogP) is 1.70. The molecule has 9 heteroatoms. The van der Waals surface area contributed by atoms with Gasteiger partial charge in [0.15, 0.2) is 5.13 Å². The quantitative estimate of drug-likeness (QED) is 0.597. The van der Waals surface area contributed by atoms with Crippen LogP contribution in [0.5, 0.6) is 0 Å². The van der Waals surface area contributed by atoms with Crippen molar-refractivity contribution in [2.75, 3.05) is 31.1 Å². The molecule has 0 saturated carbocycles. The van der Waals surface area contributed by atoms with E-state index in [0.717, 1.165) is 37.1 Å². The zero-order chi connectivity index (χ0) is 19.0. The Kier molecular flexibility index (Phi) is 7.55. The molecule has 142 valence electrons. The minimum atomic E-state index is -3.35. The number of carbonyl (C=O) groups excluding carboxylic acids is 1. The summed E-state index contributed by atoms with van der Waals surface area (Å²) in [5.74, 6) is -0.119. The highest BCUT2D eigenvalue weighted by Crippen LogP contribution is 2.16. The highest BCUT2D eigenvalue weighted by molar-refractivity contribution is 7.92. The molecule has 1 aromatic carbocycles. The van der Waals surface area contributed by atoms with Crippen LogP contribution >= 0.6 is 11.3 Å². The van der Waals surface area contributed by atoms with Gasteiger partial charge in [-0.3, -0.25) is 9.52 Å². The number of nitrogens with zero attached hydrogens (tertiary/aromatic N) is 2. The number of rotatable bonds is 10. The number of carbonyl (C=O) groups is 1. The molecule has 0 bridgehead atoms. The van der Waals surface area contributed by atoms with E-state index in [1.54, 1.807) is 5.38 Å². The van der Waals surface area contributed by atoms with Crippen molar-refractivity contribution in [3.63, 3.8) is 0 Å². The van der Waals surface area contributed by atoms with Gasteiger partial charge in [0.05, 0.1) is 18.4 Å². The number of hydrogen-bond acceptors (Lipinski definition) is 6. The third-order valence-corrected chi connectivity index (χ3v) is 5.00. The minimum Gasteiger partial charge on any atom is -0.356 e. The molecule has 0 fully saturated rings. The van der Waals surface area contributed by atoms with Crippen molar-refractivity contribution in [2.45, 2.75) is 19.4 Å². The molecule has 0 aliphatic heterocycles. The van der Waals surface area contributed by atoms with Crippen LogP contribution in [-0.2, 0) is 27.8 Å². The Morgan fingerprint density at radius 3 is 2.69 bits per heavy atom. The van der Waals surface area contributed by atoms with Crippen LogP contribution in [0.3, 0.4) is 0 Å². The first-order valence-corrected chi connectivity index (χ1v) is 11.0. The number of benzene rings is 1. The van der Waals surface area contributed by atoms with Crippen molar-refractivity contribution in [3.05, 3.63) is 47.0 Å². The summed E-state index contributed by atoms with van der Waals surface area (Å²) in [6.07, 6.45) is 2.06. The van der Waals surface area contributed by atoms with Crippen molar-refractivity contribution >= 4 is 32.4 Å². The van der Waals surface area contributed by atoms with E-state index in [1.165, 1.54) is 5.56 Å². The van der Waals surface area contributed by atoms with Gasteiger partial charge >= 0.3 is 0 Å². The van der Waals surface area contributed by atoms with Crippen molar-refractivity contribution in [2.24, 2.45) is 0 Å². The molecule has 1 aromatic heterocycles. The van der Waals surface area contributed by atoms with Crippen LogP contribution < -0.4 is 10.0 Å². The maximum absolute atomic E-state index is 11.9. The first kappa shape index (κ1) is 20.3. The van der Waals surface area contributed by atoms with E-state index in [2.05, 4.69) is 39.1 Å². The van der Waals surface area contributed by atoms with E-state index in [-0.39, 0.29) is 17.5 Å². The lowest BCUT2D eigenvalue weighted by Crippen LogP contribution is -2.29. The van der Waals surface area contributed by atoms with Gasteiger partial charge in [0, 0.05) is 18.5 Å². The van der Waals surface area contributed by atoms with Crippen LogP contribution in [-0.4, -0.2) is 50.6 Å². The maximum Gasteiger partial charge on any atom is 0.231 e. The van der Waals surface area contributed by atoms with Crippen molar-refractivity contribution in [1.82, 2.24) is 15.2 Å². The predicted molar refractivity (Wildman–Crippen MR) is 105 cm³/mol. The number of amides is 1. The fourth-order valence-electron chi connectivity index (χ4n) is 2.37. The smallest absolute Gasteiger partial charge is 0.231 e. The molecule has 0 unspecified atom stereocenters. The van der Waals surface area contributed by atoms with Crippen molar-refractivity contribution in [1.29, 1.82) is 0 Å². The molecule has 0 aliphatic rings. The number of hydrogen-bond donors (Lipinski definition) is 2. The fourth-order valence-corrected chi connectivity index (χ4v) is 3.93. The van der Waals surface area contributed by atoms with Gasteiger partial charge in [0.2, 0.25) is 15.9 Å². The fraction of sp³-hybridized carbons (Fsp3) is 0.412. The highest BCUT2D eigenvalue weighted by atomic mass is 32.2. The van der Waals surface area contributed by atoms with Crippen LogP contribution in [0, 0.1) is 0 Å². The van der Waals surface area contributed by atoms with E-state index in [1.807, 2.05) is 18.2 Å². The topological polar surface area (TPSA) is 91.4 Å². The maximum atomic E-state index is 11.9. The van der Waals surface area contributed by atoms with Gasteiger partial charge in [-0.15, -0.1) is 11.3 Å². The molecule has 1 heterocycles. The molecule has 2 rings (SSSR count). The molecule has 2 N–H and O–H groups in total. The van der Waals surface area contributed by atoms with Crippen LogP contribution in [0.4, 0.5) is 5.13 Å². The summed E-state index contributed by atoms with van der Waals surface area (Å²) in [5, 5.41) is 4.83. The summed E-state index contributed by atoms with van der Waals surface area (Å²) in [6, 6.07) is 10.2. The van der Waals surface area contributed by atoms with Gasteiger partial charge in [-0.05, 0) is 25.6 Å². The lowest BCUT2D eigenvalue weighted by molar-refractivity contribution is -0.120. The normalized spacial score (nSPS) is 11.5. The van der Waals surface area contributed by atoms with Gasteiger partial charge in [0.1, 0.15) is 0 Å². The van der Waals surface area contributed by atoms with Gasteiger partial charge < -0.3 is 10.2 Å². The summed E-state index contributed by atoms with van der Waals surface area (Å²) < 4.78 is 24.6. The lowest BCUT2D eigenvalue weighted by atomic mass is 10.2. The molecule has 0 spiro atoms. The van der Waals surface area contributed by atoms with E-state index >= 15 is 0 Å². The number of nitrogens with one attached hydrogen (secondary N) is 2. The first-order chi connectivity index (χ1) is 12.3. The molecule has 7 nitrogen and oxygen atoms in total. The summed E-state index contributed by atoms with van der Waals surface area (Å²) in [6.45, 7) is 2.36. The Morgan fingerprint density at radius 1 is 1.27 bits per heavy atom. The van der Waals surface area contributed by atoms with E-state index in [0.29, 0.717) is 12.2 Å². The lowest BCUT2D eigenvalue weighted by Gasteiger charge is -2.16. The number of sulfonamides is 1. The largest absolute Gasteiger partial charge is 0.356 e. The summed E-state index contributed by atoms with van der Waals surface area (Å²) in [4.78, 5) is 18.3. The van der Waals surface area contributed by atoms with Gasteiger partial charge in [0.25, 0.3) is 0 Å². The average Bonchev–Trinajstić information content (AvgIpc) is 2.97. The third-order valence-electron chi connectivity index (χ3n) is 3.50. The van der Waals surface area contributed by atoms with Crippen LogP contribution in [0.2, 0.25) is 0 Å². The number of thiazole rings is 1. The van der Waals surface area contributed by atoms with Crippen LogP contribution in [0.15, 0.2) is 35.7 Å². The monoisotopic (exact) mass is 396 g/mol. The first-order valence-electron chi connectivity index (χ1n) is 8.23. The van der Waals surface area contributed by atoms with Gasteiger partial charge in [-0.2, -0.15) is 0 Å². The molecule has 26 heavy (non-hydrogen) atoms. The average molecular weight is 397 g/mol. The van der Waals surface area contributed by atoms with E-state index in [9.17, 15) is 13.2 Å². The zero-order valence-corrected chi connectivity index (χ0v) is 16.6. The third kappa shape index (κ3) is 7.94. The minimum absolute atomic E-state index is 0.119. The van der Waals surface area contributed by atoms with E-state index < -0.39 is 10.0 Å². The second-order valence-corrected chi connectivity index (χ2v) is 8.73. The molecule has 0 aliphatic carbocycles. The SMILES string of the molecule is CN(CCCNC(=O)Cc1csc(NS(C)(=O)=O)n1)Cc1ccccc1. The molecular formula is C17H24N4O3S2. The molecular weight excluding hydrogens is 372 g/mol. The summed E-state index contributed by atoms with van der Waals surface area (Å²) in [7, 11) is -1.29. The van der Waals surface area contributed by atoms with Gasteiger partial charge in [-0.25, -0.2) is 13.4 Å². The standard InChI is InChI=1S/C17H24N4O3S2/c1-21(12-14-7-4-3-5-8-14)10-6-9-18-16(22)11-15-13-25-17(19-15)20-26(2,23)24/h3-5,7-8,13H,6,9-12H2,1-2H3,(H,18,22)(H,19,20). The van der Waals surface area contributed by atoms with Crippen molar-refractivity contribution < 1.29 is 13.2 Å². The molecule has 0 radical (unpaired) electrons. The number of aromatic nitrogens is 1. The van der Waals surface area contributed by atoms with E-state index in [4.69, 9.17) is 0 Å². The van der Waals surface area contributed by atoms with Gasteiger partial charge in [-0.1, -0.05) is 30.3 Å². The zero-order valence-electron chi connectivity index (χ0n) is 14.9. The molecule has 0 atom stereocenters. The van der Waals surface area contributed by atoms with Crippen LogP contribution in [0.1, 0.15) is 17.7 Å². The highest BCUT2D eigenvalue weighted by Gasteiger charge is 2.10. The Morgan fingerprint density at radius 2 is 2.00 bits per heavy atom. The Balaban J connectivity index is 1.64. The summed E-state index contributed by atoms with van der Waals surface area (Å²) in [5.41, 5.74) is 1.82. The van der Waals surface area contributed by atoms with Crippen molar-refractivity contribution in [3.8, 4) is 0 Å². The number of anilines is 1.